The molecule has 0 aromatic heterocycles. The third kappa shape index (κ3) is 4.20. The van der Waals surface area contributed by atoms with Gasteiger partial charge in [0.25, 0.3) is 0 Å². The monoisotopic (exact) mass is 288 g/mol. The van der Waals surface area contributed by atoms with Gasteiger partial charge in [-0.3, -0.25) is 4.90 Å². The van der Waals surface area contributed by atoms with E-state index in [0.29, 0.717) is 0 Å². The fraction of sp³-hybridized carbons (Fsp3) is 0.588. The molecule has 1 aliphatic heterocycles. The number of benzene rings is 1. The molecule has 21 heavy (non-hydrogen) atoms. The van der Waals surface area contributed by atoms with Gasteiger partial charge in [-0.15, -0.1) is 0 Å². The Morgan fingerprint density at radius 2 is 1.95 bits per heavy atom. The minimum atomic E-state index is 0.0972. The first kappa shape index (κ1) is 15.8. The van der Waals surface area contributed by atoms with E-state index in [1.165, 1.54) is 5.56 Å². The first-order valence-corrected chi connectivity index (χ1v) is 7.63. The van der Waals surface area contributed by atoms with Crippen LogP contribution in [0.15, 0.2) is 24.3 Å². The van der Waals surface area contributed by atoms with E-state index >= 15 is 0 Å². The summed E-state index contributed by atoms with van der Waals surface area (Å²) in [6.45, 7) is 5.49. The highest BCUT2D eigenvalue weighted by Crippen LogP contribution is 2.30. The van der Waals surface area contributed by atoms with Crippen LogP contribution in [0, 0.1) is 17.2 Å². The third-order valence-corrected chi connectivity index (χ3v) is 4.17. The van der Waals surface area contributed by atoms with Gasteiger partial charge in [0.15, 0.2) is 0 Å². The minimum absolute atomic E-state index is 0.0972. The van der Waals surface area contributed by atoms with E-state index < -0.39 is 0 Å². The highest BCUT2D eigenvalue weighted by Gasteiger charge is 2.25. The van der Waals surface area contributed by atoms with Gasteiger partial charge in [0.2, 0.25) is 0 Å². The fourth-order valence-corrected chi connectivity index (χ4v) is 2.79. The largest absolute Gasteiger partial charge is 0.497 e. The molecule has 1 fully saturated rings. The van der Waals surface area contributed by atoms with Crippen molar-refractivity contribution in [2.45, 2.75) is 25.8 Å². The predicted molar refractivity (Wildman–Crippen MR) is 82.1 cm³/mol. The maximum Gasteiger partial charge on any atom is 0.118 e. The number of hydrogen-bond donors (Lipinski definition) is 0. The van der Waals surface area contributed by atoms with Crippen molar-refractivity contribution in [2.24, 2.45) is 5.92 Å². The Morgan fingerprint density at radius 1 is 1.29 bits per heavy atom. The first-order valence-electron chi connectivity index (χ1n) is 7.63. The molecular formula is C17H24N2O2. The van der Waals surface area contributed by atoms with Crippen molar-refractivity contribution < 1.29 is 9.47 Å². The van der Waals surface area contributed by atoms with Gasteiger partial charge in [-0.25, -0.2) is 0 Å². The summed E-state index contributed by atoms with van der Waals surface area (Å²) in [5.41, 5.74) is 1.26. The van der Waals surface area contributed by atoms with Crippen molar-refractivity contribution in [3.8, 4) is 11.8 Å². The highest BCUT2D eigenvalue weighted by molar-refractivity contribution is 5.29. The second-order valence-electron chi connectivity index (χ2n) is 5.41. The molecule has 1 aliphatic rings. The summed E-state index contributed by atoms with van der Waals surface area (Å²) in [5, 5.41) is 9.29. The Labute approximate surface area is 127 Å². The molecule has 0 spiro atoms. The molecule has 2 rings (SSSR count). The average molecular weight is 288 g/mol. The lowest BCUT2D eigenvalue weighted by Crippen LogP contribution is -2.39. The van der Waals surface area contributed by atoms with E-state index in [9.17, 15) is 5.26 Å². The van der Waals surface area contributed by atoms with Gasteiger partial charge in [0, 0.05) is 25.0 Å². The summed E-state index contributed by atoms with van der Waals surface area (Å²) in [5.74, 6) is 0.965. The molecule has 0 unspecified atom stereocenters. The molecule has 0 saturated carbocycles. The van der Waals surface area contributed by atoms with Gasteiger partial charge in [0.05, 0.1) is 26.4 Å². The summed E-state index contributed by atoms with van der Waals surface area (Å²) in [4.78, 5) is 2.44. The number of methoxy groups -OCH3 is 1. The molecule has 0 amide bonds. The van der Waals surface area contributed by atoms with Crippen LogP contribution in [0.5, 0.6) is 5.75 Å². The summed E-state index contributed by atoms with van der Waals surface area (Å²) >= 11 is 0. The van der Waals surface area contributed by atoms with Crippen LogP contribution in [-0.2, 0) is 4.74 Å². The predicted octanol–water partition coefficient (Wildman–Crippen LogP) is 3.01. The van der Waals surface area contributed by atoms with E-state index in [0.717, 1.165) is 44.9 Å². The smallest absolute Gasteiger partial charge is 0.118 e. The van der Waals surface area contributed by atoms with Gasteiger partial charge in [-0.2, -0.15) is 5.26 Å². The number of rotatable bonds is 6. The number of nitriles is 1. The Kier molecular flexibility index (Phi) is 6.04. The van der Waals surface area contributed by atoms with Crippen LogP contribution in [0.2, 0.25) is 0 Å². The lowest BCUT2D eigenvalue weighted by Gasteiger charge is -2.35. The maximum absolute atomic E-state index is 9.29. The molecule has 0 aliphatic carbocycles. The summed E-state index contributed by atoms with van der Waals surface area (Å²) in [6.07, 6.45) is 1.77. The van der Waals surface area contributed by atoms with Crippen LogP contribution in [0.4, 0.5) is 0 Å². The Balaban J connectivity index is 2.18. The normalized spacial score (nSPS) is 18.7. The molecule has 0 bridgehead atoms. The van der Waals surface area contributed by atoms with E-state index in [1.54, 1.807) is 7.11 Å². The SMILES string of the molecule is CC[C@@H](C#N)C[C@@H](c1ccc(OC)cc1)N1CCOCC1. The fourth-order valence-electron chi connectivity index (χ4n) is 2.79. The quantitative estimate of drug-likeness (QED) is 0.807. The van der Waals surface area contributed by atoms with Crippen LogP contribution < -0.4 is 4.74 Å². The molecule has 1 aromatic carbocycles. The summed E-state index contributed by atoms with van der Waals surface area (Å²) < 4.78 is 10.7. The van der Waals surface area contributed by atoms with Gasteiger partial charge >= 0.3 is 0 Å². The second kappa shape index (κ2) is 8.02. The van der Waals surface area contributed by atoms with E-state index in [2.05, 4.69) is 30.0 Å². The zero-order valence-corrected chi connectivity index (χ0v) is 12.9. The second-order valence-corrected chi connectivity index (χ2v) is 5.41. The minimum Gasteiger partial charge on any atom is -0.497 e. The van der Waals surface area contributed by atoms with Gasteiger partial charge in [-0.05, 0) is 30.5 Å². The van der Waals surface area contributed by atoms with Crippen molar-refractivity contribution in [1.29, 1.82) is 5.26 Å². The van der Waals surface area contributed by atoms with E-state index in [4.69, 9.17) is 9.47 Å². The van der Waals surface area contributed by atoms with Crippen molar-refractivity contribution in [2.75, 3.05) is 33.4 Å². The zero-order chi connectivity index (χ0) is 15.1. The van der Waals surface area contributed by atoms with Gasteiger partial charge in [0.1, 0.15) is 5.75 Å². The first-order chi connectivity index (χ1) is 10.3. The molecular weight excluding hydrogens is 264 g/mol. The standard InChI is InChI=1S/C17H24N2O2/c1-3-14(13-18)12-17(19-8-10-21-11-9-19)15-4-6-16(20-2)7-5-15/h4-7,14,17H,3,8-12H2,1-2H3/t14-,17+/m1/s1. The van der Waals surface area contributed by atoms with Crippen LogP contribution in [-0.4, -0.2) is 38.3 Å². The molecule has 1 aromatic rings. The molecule has 4 nitrogen and oxygen atoms in total. The average Bonchev–Trinajstić information content (AvgIpc) is 2.57. The number of hydrogen-bond acceptors (Lipinski definition) is 4. The topological polar surface area (TPSA) is 45.5 Å². The number of ether oxygens (including phenoxy) is 2. The zero-order valence-electron chi connectivity index (χ0n) is 12.9. The summed E-state index contributed by atoms with van der Waals surface area (Å²) in [6, 6.07) is 10.9. The molecule has 0 radical (unpaired) electrons. The maximum atomic E-state index is 9.29. The van der Waals surface area contributed by atoms with Crippen LogP contribution in [0.1, 0.15) is 31.4 Å². The van der Waals surface area contributed by atoms with Crippen molar-refractivity contribution in [1.82, 2.24) is 4.90 Å². The lowest BCUT2D eigenvalue weighted by atomic mass is 9.92. The number of nitrogens with zero attached hydrogens (tertiary/aromatic N) is 2. The Morgan fingerprint density at radius 3 is 2.48 bits per heavy atom. The van der Waals surface area contributed by atoms with Crippen LogP contribution >= 0.6 is 0 Å². The van der Waals surface area contributed by atoms with E-state index in [1.807, 2.05) is 12.1 Å². The van der Waals surface area contributed by atoms with Crippen molar-refractivity contribution in [3.05, 3.63) is 29.8 Å². The van der Waals surface area contributed by atoms with Crippen LogP contribution in [0.3, 0.4) is 0 Å². The van der Waals surface area contributed by atoms with Crippen LogP contribution in [0.25, 0.3) is 0 Å². The molecule has 4 heteroatoms. The Bertz CT molecular complexity index is 461. The van der Waals surface area contributed by atoms with Gasteiger partial charge in [-0.1, -0.05) is 19.1 Å². The van der Waals surface area contributed by atoms with E-state index in [-0.39, 0.29) is 12.0 Å². The molecule has 114 valence electrons. The highest BCUT2D eigenvalue weighted by atomic mass is 16.5. The molecule has 1 heterocycles. The third-order valence-electron chi connectivity index (χ3n) is 4.17. The van der Waals surface area contributed by atoms with Crippen molar-refractivity contribution >= 4 is 0 Å². The lowest BCUT2D eigenvalue weighted by molar-refractivity contribution is 0.0120. The molecule has 2 atom stereocenters. The molecule has 0 N–H and O–H groups in total. The Hall–Kier alpha value is -1.57. The van der Waals surface area contributed by atoms with Gasteiger partial charge < -0.3 is 9.47 Å². The summed E-state index contributed by atoms with van der Waals surface area (Å²) in [7, 11) is 1.68. The molecule has 1 saturated heterocycles. The van der Waals surface area contributed by atoms with Crippen molar-refractivity contribution in [3.63, 3.8) is 0 Å². The number of morpholine rings is 1.